The first-order chi connectivity index (χ1) is 7.29. The molecule has 0 amide bonds. The highest BCUT2D eigenvalue weighted by Crippen LogP contribution is 2.32. The zero-order valence-electron chi connectivity index (χ0n) is 9.20. The summed E-state index contributed by atoms with van der Waals surface area (Å²) in [4.78, 5) is 4.50. The van der Waals surface area contributed by atoms with Crippen LogP contribution >= 0.6 is 11.3 Å². The molecular formula is C11H19N3S. The second-order valence-electron chi connectivity index (χ2n) is 4.40. The number of nitrogens with one attached hydrogen (secondary N) is 1. The number of rotatable bonds is 4. The van der Waals surface area contributed by atoms with Gasteiger partial charge in [-0.15, -0.1) is 11.3 Å². The summed E-state index contributed by atoms with van der Waals surface area (Å²) < 4.78 is 0. The molecule has 1 saturated carbocycles. The first kappa shape index (κ1) is 11.0. The summed E-state index contributed by atoms with van der Waals surface area (Å²) in [6.07, 6.45) is 6.64. The molecular weight excluding hydrogens is 206 g/mol. The molecule has 1 unspecified atom stereocenters. The Morgan fingerprint density at radius 3 is 2.87 bits per heavy atom. The summed E-state index contributed by atoms with van der Waals surface area (Å²) >= 11 is 1.70. The molecule has 0 radical (unpaired) electrons. The Labute approximate surface area is 95.1 Å². The molecule has 3 nitrogen and oxygen atoms in total. The Morgan fingerprint density at radius 2 is 2.33 bits per heavy atom. The van der Waals surface area contributed by atoms with Crippen LogP contribution < -0.4 is 11.3 Å². The fourth-order valence-corrected chi connectivity index (χ4v) is 3.06. The molecule has 1 heterocycles. The number of nitrogens with zero attached hydrogens (tertiary/aromatic N) is 1. The molecule has 1 atom stereocenters. The lowest BCUT2D eigenvalue weighted by Crippen LogP contribution is -2.29. The third kappa shape index (κ3) is 2.77. The molecule has 1 fully saturated rings. The van der Waals surface area contributed by atoms with Crippen molar-refractivity contribution in [2.75, 3.05) is 0 Å². The van der Waals surface area contributed by atoms with E-state index in [1.807, 2.05) is 6.92 Å². The number of hydrogen-bond donors (Lipinski definition) is 2. The van der Waals surface area contributed by atoms with Gasteiger partial charge in [-0.2, -0.15) is 0 Å². The topological polar surface area (TPSA) is 50.9 Å². The van der Waals surface area contributed by atoms with Crippen LogP contribution in [0.4, 0.5) is 0 Å². The molecule has 1 aromatic rings. The van der Waals surface area contributed by atoms with Gasteiger partial charge in [0.25, 0.3) is 0 Å². The van der Waals surface area contributed by atoms with Gasteiger partial charge in [0, 0.05) is 5.38 Å². The summed E-state index contributed by atoms with van der Waals surface area (Å²) in [5, 5.41) is 3.24. The normalized spacial score (nSPS) is 19.6. The summed E-state index contributed by atoms with van der Waals surface area (Å²) in [6, 6.07) is 0.248. The highest BCUT2D eigenvalue weighted by atomic mass is 32.1. The van der Waals surface area contributed by atoms with E-state index in [4.69, 9.17) is 5.84 Å². The number of nitrogens with two attached hydrogens (primary N) is 1. The van der Waals surface area contributed by atoms with Crippen molar-refractivity contribution in [3.8, 4) is 0 Å². The third-order valence-electron chi connectivity index (χ3n) is 3.24. The molecule has 1 aliphatic carbocycles. The van der Waals surface area contributed by atoms with Crippen LogP contribution in [0.5, 0.6) is 0 Å². The van der Waals surface area contributed by atoms with Crippen molar-refractivity contribution in [1.29, 1.82) is 0 Å². The molecule has 3 N–H and O–H groups in total. The molecule has 1 aliphatic rings. The Balaban J connectivity index is 1.97. The van der Waals surface area contributed by atoms with Gasteiger partial charge in [-0.3, -0.25) is 11.3 Å². The Hall–Kier alpha value is -0.450. The van der Waals surface area contributed by atoms with Crippen LogP contribution in [0.25, 0.3) is 0 Å². The molecule has 15 heavy (non-hydrogen) atoms. The van der Waals surface area contributed by atoms with Crippen molar-refractivity contribution >= 4 is 11.3 Å². The lowest BCUT2D eigenvalue weighted by Gasteiger charge is -2.17. The monoisotopic (exact) mass is 225 g/mol. The lowest BCUT2D eigenvalue weighted by atomic mass is 9.97. The molecule has 0 spiro atoms. The Bertz CT molecular complexity index is 305. The van der Waals surface area contributed by atoms with Crippen molar-refractivity contribution in [2.24, 2.45) is 11.8 Å². The Kier molecular flexibility index (Phi) is 3.72. The van der Waals surface area contributed by atoms with Gasteiger partial charge in [-0.05, 0) is 19.3 Å². The first-order valence-electron chi connectivity index (χ1n) is 5.67. The average Bonchev–Trinajstić information content (AvgIpc) is 2.85. The van der Waals surface area contributed by atoms with E-state index >= 15 is 0 Å². The zero-order valence-corrected chi connectivity index (χ0v) is 10.0. The summed E-state index contributed by atoms with van der Waals surface area (Å²) in [5.41, 5.74) is 4.02. The highest BCUT2D eigenvalue weighted by Gasteiger charge is 2.21. The van der Waals surface area contributed by atoms with Crippen LogP contribution in [-0.4, -0.2) is 4.98 Å². The van der Waals surface area contributed by atoms with Gasteiger partial charge in [0.2, 0.25) is 0 Å². The number of aromatic nitrogens is 1. The fraction of sp³-hybridized carbons (Fsp3) is 0.727. The molecule has 2 rings (SSSR count). The van der Waals surface area contributed by atoms with Crippen LogP contribution in [0.2, 0.25) is 0 Å². The van der Waals surface area contributed by atoms with Crippen LogP contribution in [-0.2, 0) is 0 Å². The van der Waals surface area contributed by atoms with Gasteiger partial charge in [0.15, 0.2) is 0 Å². The van der Waals surface area contributed by atoms with E-state index in [2.05, 4.69) is 15.8 Å². The minimum Gasteiger partial charge on any atom is -0.271 e. The minimum atomic E-state index is 0.248. The largest absolute Gasteiger partial charge is 0.271 e. The molecule has 0 aliphatic heterocycles. The van der Waals surface area contributed by atoms with E-state index in [1.165, 1.54) is 25.7 Å². The SMILES string of the molecule is Cc1nc(C(CC2CCCC2)NN)cs1. The highest BCUT2D eigenvalue weighted by molar-refractivity contribution is 7.09. The fourth-order valence-electron chi connectivity index (χ4n) is 2.39. The van der Waals surface area contributed by atoms with Gasteiger partial charge in [-0.1, -0.05) is 25.7 Å². The molecule has 84 valence electrons. The van der Waals surface area contributed by atoms with Crippen molar-refractivity contribution in [3.63, 3.8) is 0 Å². The molecule has 0 bridgehead atoms. The van der Waals surface area contributed by atoms with Gasteiger partial charge >= 0.3 is 0 Å². The van der Waals surface area contributed by atoms with Gasteiger partial charge in [-0.25, -0.2) is 4.98 Å². The molecule has 0 aromatic carbocycles. The molecule has 4 heteroatoms. The maximum atomic E-state index is 5.61. The maximum absolute atomic E-state index is 5.61. The van der Waals surface area contributed by atoms with Crippen molar-refractivity contribution in [2.45, 2.75) is 45.1 Å². The minimum absolute atomic E-state index is 0.248. The summed E-state index contributed by atoms with van der Waals surface area (Å²) in [5.74, 6) is 6.45. The Morgan fingerprint density at radius 1 is 1.60 bits per heavy atom. The van der Waals surface area contributed by atoms with E-state index in [9.17, 15) is 0 Å². The third-order valence-corrected chi connectivity index (χ3v) is 4.03. The van der Waals surface area contributed by atoms with Gasteiger partial charge < -0.3 is 0 Å². The number of hydrazine groups is 1. The quantitative estimate of drug-likeness (QED) is 0.611. The van der Waals surface area contributed by atoms with Gasteiger partial charge in [0.1, 0.15) is 0 Å². The second-order valence-corrected chi connectivity index (χ2v) is 5.46. The van der Waals surface area contributed by atoms with Crippen molar-refractivity contribution in [3.05, 3.63) is 16.1 Å². The van der Waals surface area contributed by atoms with E-state index in [-0.39, 0.29) is 6.04 Å². The van der Waals surface area contributed by atoms with E-state index < -0.39 is 0 Å². The smallest absolute Gasteiger partial charge is 0.0898 e. The van der Waals surface area contributed by atoms with Crippen LogP contribution in [0.15, 0.2) is 5.38 Å². The van der Waals surface area contributed by atoms with Crippen molar-refractivity contribution in [1.82, 2.24) is 10.4 Å². The average molecular weight is 225 g/mol. The molecule has 0 saturated heterocycles. The number of thiazole rings is 1. The van der Waals surface area contributed by atoms with Gasteiger partial charge in [0.05, 0.1) is 16.7 Å². The standard InChI is InChI=1S/C11H19N3S/c1-8-13-11(7-15-8)10(14-12)6-9-4-2-3-5-9/h7,9-10,14H,2-6,12H2,1H3. The van der Waals surface area contributed by atoms with Crippen molar-refractivity contribution < 1.29 is 0 Å². The van der Waals surface area contributed by atoms with Crippen LogP contribution in [0.1, 0.15) is 48.8 Å². The maximum Gasteiger partial charge on any atom is 0.0898 e. The number of aryl methyl sites for hydroxylation is 1. The zero-order chi connectivity index (χ0) is 10.7. The van der Waals surface area contributed by atoms with E-state index in [0.717, 1.165) is 23.0 Å². The summed E-state index contributed by atoms with van der Waals surface area (Å²) in [7, 11) is 0. The molecule has 1 aromatic heterocycles. The van der Waals surface area contributed by atoms with E-state index in [1.54, 1.807) is 11.3 Å². The van der Waals surface area contributed by atoms with E-state index in [0.29, 0.717) is 0 Å². The first-order valence-corrected chi connectivity index (χ1v) is 6.55. The summed E-state index contributed by atoms with van der Waals surface area (Å²) in [6.45, 7) is 2.04. The predicted molar refractivity (Wildman–Crippen MR) is 63.5 cm³/mol. The van der Waals surface area contributed by atoms with Crippen LogP contribution in [0, 0.1) is 12.8 Å². The predicted octanol–water partition coefficient (Wildman–Crippen LogP) is 2.54. The lowest BCUT2D eigenvalue weighted by molar-refractivity contribution is 0.395. The number of hydrogen-bond acceptors (Lipinski definition) is 4. The van der Waals surface area contributed by atoms with Crippen LogP contribution in [0.3, 0.4) is 0 Å². The second kappa shape index (κ2) is 5.05.